The summed E-state index contributed by atoms with van der Waals surface area (Å²) in [6.07, 6.45) is 5.14. The van der Waals surface area contributed by atoms with Crippen molar-refractivity contribution in [1.29, 1.82) is 0 Å². The van der Waals surface area contributed by atoms with E-state index in [1.165, 1.54) is 23.3 Å². The van der Waals surface area contributed by atoms with Gasteiger partial charge < -0.3 is 10.1 Å². The van der Waals surface area contributed by atoms with Crippen molar-refractivity contribution >= 4 is 28.2 Å². The molecule has 1 aliphatic rings. The third-order valence-corrected chi connectivity index (χ3v) is 5.76. The highest BCUT2D eigenvalue weighted by Gasteiger charge is 2.27. The van der Waals surface area contributed by atoms with Gasteiger partial charge in [0.15, 0.2) is 5.69 Å². The van der Waals surface area contributed by atoms with Crippen LogP contribution >= 0.6 is 11.3 Å². The zero-order chi connectivity index (χ0) is 18.0. The molecule has 2 aromatic rings. The summed E-state index contributed by atoms with van der Waals surface area (Å²) in [5.74, 6) is -0.679. The maximum absolute atomic E-state index is 12.6. The van der Waals surface area contributed by atoms with E-state index in [1.807, 2.05) is 13.8 Å². The van der Waals surface area contributed by atoms with Gasteiger partial charge in [-0.05, 0) is 51.2 Å². The predicted octanol–water partition coefficient (Wildman–Crippen LogP) is 3.58. The molecule has 0 atom stereocenters. The minimum atomic E-state index is -0.384. The van der Waals surface area contributed by atoms with Gasteiger partial charge in [0.1, 0.15) is 5.00 Å². The predicted molar refractivity (Wildman–Crippen MR) is 97.5 cm³/mol. The van der Waals surface area contributed by atoms with Gasteiger partial charge in [-0.3, -0.25) is 9.48 Å². The molecule has 0 radical (unpaired) electrons. The molecule has 0 bridgehead atoms. The lowest BCUT2D eigenvalue weighted by Crippen LogP contribution is -2.15. The van der Waals surface area contributed by atoms with Crippen molar-refractivity contribution in [3.63, 3.8) is 0 Å². The second kappa shape index (κ2) is 7.39. The Morgan fingerprint density at radius 3 is 2.76 bits per heavy atom. The Morgan fingerprint density at radius 1 is 1.32 bits per heavy atom. The zero-order valence-electron chi connectivity index (χ0n) is 14.8. The Labute approximate surface area is 151 Å². The summed E-state index contributed by atoms with van der Waals surface area (Å²) in [5, 5.41) is 7.77. The maximum Gasteiger partial charge on any atom is 0.341 e. The van der Waals surface area contributed by atoms with Crippen molar-refractivity contribution < 1.29 is 14.3 Å². The van der Waals surface area contributed by atoms with Gasteiger partial charge in [-0.1, -0.05) is 6.42 Å². The molecular weight excluding hydrogens is 338 g/mol. The number of methoxy groups -OCH3 is 1. The lowest BCUT2D eigenvalue weighted by Gasteiger charge is -2.06. The lowest BCUT2D eigenvalue weighted by atomic mass is 10.1. The number of carbonyl (C=O) groups is 2. The number of aromatic nitrogens is 2. The molecule has 0 fully saturated rings. The van der Waals surface area contributed by atoms with Crippen molar-refractivity contribution in [3.8, 4) is 0 Å². The van der Waals surface area contributed by atoms with E-state index in [1.54, 1.807) is 10.7 Å². The second-order valence-corrected chi connectivity index (χ2v) is 7.31. The van der Waals surface area contributed by atoms with Gasteiger partial charge in [-0.25, -0.2) is 4.79 Å². The van der Waals surface area contributed by atoms with Gasteiger partial charge in [0.2, 0.25) is 0 Å². The van der Waals surface area contributed by atoms with E-state index in [4.69, 9.17) is 4.74 Å². The summed E-state index contributed by atoms with van der Waals surface area (Å²) in [7, 11) is 1.38. The Balaban J connectivity index is 1.93. The molecular formula is C18H23N3O3S. The molecule has 0 saturated carbocycles. The van der Waals surface area contributed by atoms with Gasteiger partial charge in [-0.15, -0.1) is 11.3 Å². The number of nitrogens with zero attached hydrogens (tertiary/aromatic N) is 2. The first-order valence-electron chi connectivity index (χ1n) is 8.63. The molecule has 1 amide bonds. The molecule has 3 rings (SSSR count). The van der Waals surface area contributed by atoms with Crippen molar-refractivity contribution in [2.75, 3.05) is 12.4 Å². The number of esters is 1. The largest absolute Gasteiger partial charge is 0.465 e. The molecule has 6 nitrogen and oxygen atoms in total. The zero-order valence-corrected chi connectivity index (χ0v) is 15.7. The van der Waals surface area contributed by atoms with Crippen LogP contribution in [0.2, 0.25) is 0 Å². The number of nitrogens with one attached hydrogen (secondary N) is 1. The van der Waals surface area contributed by atoms with E-state index in [2.05, 4.69) is 10.4 Å². The molecule has 0 spiro atoms. The van der Waals surface area contributed by atoms with Crippen LogP contribution in [0.1, 0.15) is 63.2 Å². The molecule has 2 heterocycles. The Hall–Kier alpha value is -2.15. The molecule has 134 valence electrons. The van der Waals surface area contributed by atoms with Crippen molar-refractivity contribution in [3.05, 3.63) is 33.5 Å². The van der Waals surface area contributed by atoms with Crippen LogP contribution in [0.15, 0.2) is 6.07 Å². The summed E-state index contributed by atoms with van der Waals surface area (Å²) in [5.41, 5.74) is 2.85. The van der Waals surface area contributed by atoms with E-state index >= 15 is 0 Å². The van der Waals surface area contributed by atoms with E-state index in [0.29, 0.717) is 22.8 Å². The molecule has 25 heavy (non-hydrogen) atoms. The second-order valence-electron chi connectivity index (χ2n) is 6.20. The molecule has 0 unspecified atom stereocenters. The monoisotopic (exact) mass is 361 g/mol. The minimum absolute atomic E-state index is 0.295. The average molecular weight is 361 g/mol. The summed E-state index contributed by atoms with van der Waals surface area (Å²) >= 11 is 1.49. The lowest BCUT2D eigenvalue weighted by molar-refractivity contribution is 0.0601. The number of amides is 1. The van der Waals surface area contributed by atoms with Gasteiger partial charge in [0, 0.05) is 17.1 Å². The molecule has 0 aliphatic heterocycles. The standard InChI is InChI=1S/C18H23N3O3S/c1-4-21-11(2)10-13(20-21)16(22)19-17-15(18(23)24-3)12-8-6-5-7-9-14(12)25-17/h10H,4-9H2,1-3H3,(H,19,22). The molecule has 2 aromatic heterocycles. The van der Waals surface area contributed by atoms with Crippen molar-refractivity contribution in [1.82, 2.24) is 9.78 Å². The summed E-state index contributed by atoms with van der Waals surface area (Å²) in [4.78, 5) is 26.1. The van der Waals surface area contributed by atoms with E-state index < -0.39 is 0 Å². The van der Waals surface area contributed by atoms with E-state index in [9.17, 15) is 9.59 Å². The highest BCUT2D eigenvalue weighted by molar-refractivity contribution is 7.17. The van der Waals surface area contributed by atoms with Crippen LogP contribution in [0.5, 0.6) is 0 Å². The third-order valence-electron chi connectivity index (χ3n) is 4.55. The van der Waals surface area contributed by atoms with Gasteiger partial charge >= 0.3 is 5.97 Å². The minimum Gasteiger partial charge on any atom is -0.465 e. The van der Waals surface area contributed by atoms with E-state index in [-0.39, 0.29) is 11.9 Å². The molecule has 1 aliphatic carbocycles. The van der Waals surface area contributed by atoms with Crippen LogP contribution in [0.3, 0.4) is 0 Å². The first-order valence-corrected chi connectivity index (χ1v) is 9.45. The number of fused-ring (bicyclic) bond motifs is 1. The van der Waals surface area contributed by atoms with Crippen LogP contribution in [0, 0.1) is 6.92 Å². The molecule has 0 aromatic carbocycles. The van der Waals surface area contributed by atoms with Crippen LogP contribution in [-0.4, -0.2) is 28.8 Å². The fraction of sp³-hybridized carbons (Fsp3) is 0.500. The van der Waals surface area contributed by atoms with Gasteiger partial charge in [-0.2, -0.15) is 5.10 Å². The van der Waals surface area contributed by atoms with Crippen LogP contribution in [0.25, 0.3) is 0 Å². The Morgan fingerprint density at radius 2 is 2.08 bits per heavy atom. The number of rotatable bonds is 4. The number of ether oxygens (including phenoxy) is 1. The van der Waals surface area contributed by atoms with Crippen LogP contribution in [0.4, 0.5) is 5.00 Å². The fourth-order valence-electron chi connectivity index (χ4n) is 3.26. The van der Waals surface area contributed by atoms with Crippen LogP contribution in [-0.2, 0) is 24.1 Å². The number of hydrogen-bond donors (Lipinski definition) is 1. The summed E-state index contributed by atoms with van der Waals surface area (Å²) in [6.45, 7) is 4.60. The van der Waals surface area contributed by atoms with Crippen molar-refractivity contribution in [2.24, 2.45) is 0 Å². The Kier molecular flexibility index (Phi) is 5.22. The molecule has 7 heteroatoms. The quantitative estimate of drug-likeness (QED) is 0.667. The maximum atomic E-state index is 12.6. The summed E-state index contributed by atoms with van der Waals surface area (Å²) < 4.78 is 6.74. The molecule has 0 saturated heterocycles. The Bertz CT molecular complexity index is 807. The topological polar surface area (TPSA) is 73.2 Å². The highest BCUT2D eigenvalue weighted by atomic mass is 32.1. The fourth-order valence-corrected chi connectivity index (χ4v) is 4.53. The normalized spacial score (nSPS) is 13.9. The van der Waals surface area contributed by atoms with E-state index in [0.717, 1.165) is 43.4 Å². The van der Waals surface area contributed by atoms with Crippen LogP contribution < -0.4 is 5.32 Å². The average Bonchev–Trinajstić information content (AvgIpc) is 3.06. The first kappa shape index (κ1) is 17.7. The first-order chi connectivity index (χ1) is 12.0. The summed E-state index contributed by atoms with van der Waals surface area (Å²) in [6, 6.07) is 1.76. The van der Waals surface area contributed by atoms with Gasteiger partial charge in [0.25, 0.3) is 5.91 Å². The number of thiophene rings is 1. The molecule has 1 N–H and O–H groups in total. The van der Waals surface area contributed by atoms with Crippen molar-refractivity contribution in [2.45, 2.75) is 52.5 Å². The highest BCUT2D eigenvalue weighted by Crippen LogP contribution is 2.38. The third kappa shape index (κ3) is 3.46. The number of hydrogen-bond acceptors (Lipinski definition) is 5. The number of carbonyl (C=O) groups excluding carboxylic acids is 2. The SMILES string of the molecule is CCn1nc(C(=O)Nc2sc3c(c2C(=O)OC)CCCCC3)cc1C. The smallest absolute Gasteiger partial charge is 0.341 e. The number of anilines is 1. The van der Waals surface area contributed by atoms with Gasteiger partial charge in [0.05, 0.1) is 12.7 Å². The number of aryl methyl sites for hydroxylation is 3.